The van der Waals surface area contributed by atoms with E-state index in [1.165, 1.54) is 14.2 Å². The number of Topliss-reactive ketones (excluding diaryl/α,β-unsaturated/α-hetero) is 1. The first kappa shape index (κ1) is 13.5. The summed E-state index contributed by atoms with van der Waals surface area (Å²) in [7, 11) is 3.04. The molecule has 1 aromatic carbocycles. The maximum Gasteiger partial charge on any atom is 0.191 e. The highest BCUT2D eigenvalue weighted by molar-refractivity contribution is 6.00. The van der Waals surface area contributed by atoms with Crippen LogP contribution in [0.15, 0.2) is 18.2 Å². The molecule has 0 bridgehead atoms. The average Bonchev–Trinajstić information content (AvgIpc) is 2.37. The molecule has 1 atom stereocenters. The van der Waals surface area contributed by atoms with E-state index in [-0.39, 0.29) is 5.78 Å². The fourth-order valence-electron chi connectivity index (χ4n) is 1.55. The summed E-state index contributed by atoms with van der Waals surface area (Å²) in [5.41, 5.74) is 0.405. The zero-order valence-electron chi connectivity index (χ0n) is 10.4. The first-order valence-electron chi connectivity index (χ1n) is 5.57. The summed E-state index contributed by atoms with van der Waals surface area (Å²) in [6.45, 7) is 1.92. The molecule has 94 valence electrons. The highest BCUT2D eigenvalue weighted by Crippen LogP contribution is 2.23. The molecule has 0 radical (unpaired) electrons. The first-order chi connectivity index (χ1) is 8.12. The third-order valence-corrected chi connectivity index (χ3v) is 2.50. The van der Waals surface area contributed by atoms with Crippen LogP contribution in [0.3, 0.4) is 0 Å². The van der Waals surface area contributed by atoms with Gasteiger partial charge in [0, 0.05) is 11.6 Å². The highest BCUT2D eigenvalue weighted by atomic mass is 16.5. The van der Waals surface area contributed by atoms with Crippen molar-refractivity contribution >= 4 is 5.78 Å². The van der Waals surface area contributed by atoms with E-state index in [1.807, 2.05) is 6.92 Å². The van der Waals surface area contributed by atoms with Crippen LogP contribution in [0.5, 0.6) is 11.5 Å². The number of aliphatic hydroxyl groups is 1. The van der Waals surface area contributed by atoms with Crippen LogP contribution in [0.2, 0.25) is 0 Å². The zero-order valence-corrected chi connectivity index (χ0v) is 10.4. The molecular weight excluding hydrogens is 220 g/mol. The Bertz CT molecular complexity index is 365. The summed E-state index contributed by atoms with van der Waals surface area (Å²) in [6, 6.07) is 4.89. The van der Waals surface area contributed by atoms with Crippen LogP contribution in [-0.4, -0.2) is 31.2 Å². The smallest absolute Gasteiger partial charge is 0.191 e. The summed E-state index contributed by atoms with van der Waals surface area (Å²) in [4.78, 5) is 11.9. The fraction of sp³-hybridized carbons (Fsp3) is 0.462. The monoisotopic (exact) mass is 238 g/mol. The maximum atomic E-state index is 11.9. The number of carbonyl (C=O) groups is 1. The van der Waals surface area contributed by atoms with Crippen molar-refractivity contribution in [3.63, 3.8) is 0 Å². The number of benzene rings is 1. The lowest BCUT2D eigenvalue weighted by atomic mass is 10.0. The van der Waals surface area contributed by atoms with Crippen molar-refractivity contribution in [1.82, 2.24) is 0 Å². The SMILES string of the molecule is CCCC(O)C(=O)c1cc(OC)cc(OC)c1. The van der Waals surface area contributed by atoms with Gasteiger partial charge in [0.25, 0.3) is 0 Å². The van der Waals surface area contributed by atoms with Gasteiger partial charge in [0.15, 0.2) is 5.78 Å². The highest BCUT2D eigenvalue weighted by Gasteiger charge is 2.17. The fourth-order valence-corrected chi connectivity index (χ4v) is 1.55. The lowest BCUT2D eigenvalue weighted by Crippen LogP contribution is -2.20. The van der Waals surface area contributed by atoms with Crippen molar-refractivity contribution in [2.75, 3.05) is 14.2 Å². The number of hydrogen-bond acceptors (Lipinski definition) is 4. The molecule has 0 fully saturated rings. The van der Waals surface area contributed by atoms with E-state index in [1.54, 1.807) is 18.2 Å². The molecule has 1 aromatic rings. The largest absolute Gasteiger partial charge is 0.497 e. The summed E-state index contributed by atoms with van der Waals surface area (Å²) in [5, 5.41) is 9.67. The van der Waals surface area contributed by atoms with Crippen LogP contribution in [-0.2, 0) is 0 Å². The minimum Gasteiger partial charge on any atom is -0.497 e. The molecule has 0 amide bonds. The van der Waals surface area contributed by atoms with Crippen LogP contribution < -0.4 is 9.47 Å². The molecule has 0 spiro atoms. The number of ether oxygens (including phenoxy) is 2. The van der Waals surface area contributed by atoms with Gasteiger partial charge >= 0.3 is 0 Å². The molecular formula is C13H18O4. The van der Waals surface area contributed by atoms with Crippen molar-refractivity contribution in [2.24, 2.45) is 0 Å². The Kier molecular flexibility index (Phi) is 4.97. The molecule has 0 saturated heterocycles. The minimum absolute atomic E-state index is 0.302. The van der Waals surface area contributed by atoms with Crippen molar-refractivity contribution in [1.29, 1.82) is 0 Å². The number of methoxy groups -OCH3 is 2. The van der Waals surface area contributed by atoms with Crippen LogP contribution >= 0.6 is 0 Å². The Morgan fingerprint density at radius 3 is 2.18 bits per heavy atom. The molecule has 1 rings (SSSR count). The predicted octanol–water partition coefficient (Wildman–Crippen LogP) is 2.05. The Morgan fingerprint density at radius 1 is 1.24 bits per heavy atom. The lowest BCUT2D eigenvalue weighted by Gasteiger charge is -2.11. The van der Waals surface area contributed by atoms with E-state index in [0.29, 0.717) is 23.5 Å². The molecule has 0 aromatic heterocycles. The molecule has 4 nitrogen and oxygen atoms in total. The Morgan fingerprint density at radius 2 is 1.76 bits per heavy atom. The maximum absolute atomic E-state index is 11.9. The third kappa shape index (κ3) is 3.46. The molecule has 0 aliphatic carbocycles. The molecule has 1 N–H and O–H groups in total. The van der Waals surface area contributed by atoms with Gasteiger partial charge < -0.3 is 14.6 Å². The van der Waals surface area contributed by atoms with Gasteiger partial charge in [-0.15, -0.1) is 0 Å². The van der Waals surface area contributed by atoms with Gasteiger partial charge in [-0.25, -0.2) is 0 Å². The minimum atomic E-state index is -0.961. The summed E-state index contributed by atoms with van der Waals surface area (Å²) >= 11 is 0. The van der Waals surface area contributed by atoms with Gasteiger partial charge in [0.05, 0.1) is 14.2 Å². The second-order valence-corrected chi connectivity index (χ2v) is 3.77. The van der Waals surface area contributed by atoms with E-state index in [4.69, 9.17) is 9.47 Å². The molecule has 0 aliphatic rings. The Balaban J connectivity index is 2.99. The summed E-state index contributed by atoms with van der Waals surface area (Å²) in [6.07, 6.45) is 0.253. The van der Waals surface area contributed by atoms with Gasteiger partial charge in [-0.1, -0.05) is 13.3 Å². The van der Waals surface area contributed by atoms with Crippen LogP contribution in [0.4, 0.5) is 0 Å². The molecule has 4 heteroatoms. The van der Waals surface area contributed by atoms with Crippen molar-refractivity contribution in [3.8, 4) is 11.5 Å². The van der Waals surface area contributed by atoms with E-state index in [0.717, 1.165) is 6.42 Å². The lowest BCUT2D eigenvalue weighted by molar-refractivity contribution is 0.0728. The van der Waals surface area contributed by atoms with E-state index in [2.05, 4.69) is 0 Å². The number of aliphatic hydroxyl groups excluding tert-OH is 1. The first-order valence-corrected chi connectivity index (χ1v) is 5.57. The van der Waals surface area contributed by atoms with Gasteiger partial charge in [-0.2, -0.15) is 0 Å². The molecule has 0 aliphatic heterocycles. The number of hydrogen-bond donors (Lipinski definition) is 1. The van der Waals surface area contributed by atoms with E-state index < -0.39 is 6.10 Å². The number of rotatable bonds is 6. The average molecular weight is 238 g/mol. The summed E-state index contributed by atoms with van der Waals surface area (Å²) in [5.74, 6) is 0.775. The molecule has 0 heterocycles. The summed E-state index contributed by atoms with van der Waals surface area (Å²) < 4.78 is 10.1. The predicted molar refractivity (Wildman–Crippen MR) is 64.8 cm³/mol. The van der Waals surface area contributed by atoms with E-state index >= 15 is 0 Å². The number of carbonyl (C=O) groups excluding carboxylic acids is 1. The van der Waals surface area contributed by atoms with Gasteiger partial charge in [-0.3, -0.25) is 4.79 Å². The second kappa shape index (κ2) is 6.25. The van der Waals surface area contributed by atoms with Crippen molar-refractivity contribution < 1.29 is 19.4 Å². The van der Waals surface area contributed by atoms with Gasteiger partial charge in [0.1, 0.15) is 17.6 Å². The van der Waals surface area contributed by atoms with Crippen LogP contribution in [0.1, 0.15) is 30.1 Å². The van der Waals surface area contributed by atoms with Crippen LogP contribution in [0.25, 0.3) is 0 Å². The van der Waals surface area contributed by atoms with E-state index in [9.17, 15) is 9.90 Å². The van der Waals surface area contributed by atoms with Gasteiger partial charge in [0.2, 0.25) is 0 Å². The standard InChI is InChI=1S/C13H18O4/c1-4-5-12(14)13(15)9-6-10(16-2)8-11(7-9)17-3/h6-8,12,14H,4-5H2,1-3H3. The Labute approximate surface area is 101 Å². The normalized spacial score (nSPS) is 12.0. The van der Waals surface area contributed by atoms with Crippen molar-refractivity contribution in [2.45, 2.75) is 25.9 Å². The molecule has 17 heavy (non-hydrogen) atoms. The Hall–Kier alpha value is -1.55. The number of ketones is 1. The molecule has 0 saturated carbocycles. The quantitative estimate of drug-likeness (QED) is 0.771. The van der Waals surface area contributed by atoms with Crippen LogP contribution in [0, 0.1) is 0 Å². The molecule has 1 unspecified atom stereocenters. The third-order valence-electron chi connectivity index (χ3n) is 2.50. The topological polar surface area (TPSA) is 55.8 Å². The van der Waals surface area contributed by atoms with Crippen molar-refractivity contribution in [3.05, 3.63) is 23.8 Å². The second-order valence-electron chi connectivity index (χ2n) is 3.77. The zero-order chi connectivity index (χ0) is 12.8. The van der Waals surface area contributed by atoms with Gasteiger partial charge in [-0.05, 0) is 18.6 Å².